The van der Waals surface area contributed by atoms with Gasteiger partial charge in [-0.3, -0.25) is 9.59 Å². The lowest BCUT2D eigenvalue weighted by molar-refractivity contribution is -0.140. The molecule has 1 unspecified atom stereocenters. The molecule has 0 aliphatic carbocycles. The zero-order valence-electron chi connectivity index (χ0n) is 17.9. The molecule has 1 atom stereocenters. The van der Waals surface area contributed by atoms with E-state index in [1.54, 1.807) is 23.6 Å². The van der Waals surface area contributed by atoms with Crippen LogP contribution in [0, 0.1) is 6.92 Å². The second-order valence-electron chi connectivity index (χ2n) is 7.63. The van der Waals surface area contributed by atoms with E-state index in [4.69, 9.17) is 0 Å². The molecule has 0 saturated heterocycles. The Morgan fingerprint density at radius 2 is 1.62 bits per heavy atom. The van der Waals surface area contributed by atoms with Crippen molar-refractivity contribution in [3.63, 3.8) is 0 Å². The van der Waals surface area contributed by atoms with Crippen molar-refractivity contribution in [2.45, 2.75) is 58.5 Å². The molecule has 0 bridgehead atoms. The maximum absolute atomic E-state index is 13.0. The minimum absolute atomic E-state index is 0.0116. The maximum Gasteiger partial charge on any atom is 0.242 e. The molecule has 0 saturated carbocycles. The molecule has 0 heterocycles. The van der Waals surface area contributed by atoms with Crippen molar-refractivity contribution in [1.82, 2.24) is 10.2 Å². The molecule has 156 valence electrons. The van der Waals surface area contributed by atoms with Gasteiger partial charge in [0, 0.05) is 30.5 Å². The van der Waals surface area contributed by atoms with E-state index in [0.717, 1.165) is 17.1 Å². The lowest BCUT2D eigenvalue weighted by atomic mass is 10.1. The Hall–Kier alpha value is -2.27. The van der Waals surface area contributed by atoms with Crippen LogP contribution in [0.15, 0.2) is 54.6 Å². The highest BCUT2D eigenvalue weighted by atomic mass is 32.2. The third-order valence-electron chi connectivity index (χ3n) is 4.64. The topological polar surface area (TPSA) is 49.4 Å². The molecule has 0 aliphatic heterocycles. The van der Waals surface area contributed by atoms with Crippen molar-refractivity contribution in [1.29, 1.82) is 0 Å². The molecular formula is C24H32N2O2S. The van der Waals surface area contributed by atoms with Gasteiger partial charge in [-0.25, -0.2) is 0 Å². The molecule has 0 radical (unpaired) electrons. The fraction of sp³-hybridized carbons (Fsp3) is 0.417. The maximum atomic E-state index is 13.0. The molecular weight excluding hydrogens is 380 g/mol. The largest absolute Gasteiger partial charge is 0.352 e. The minimum Gasteiger partial charge on any atom is -0.352 e. The van der Waals surface area contributed by atoms with Crippen molar-refractivity contribution < 1.29 is 9.59 Å². The van der Waals surface area contributed by atoms with Gasteiger partial charge in [0.1, 0.15) is 6.04 Å². The molecule has 5 heteroatoms. The average molecular weight is 413 g/mol. The highest BCUT2D eigenvalue weighted by Gasteiger charge is 2.26. The standard InChI is InChI=1S/C24H32N2O2S/c1-18(2)25-24(28)20(4)26(16-21-12-10-19(3)11-13-21)23(27)14-15-29-17-22-8-6-5-7-9-22/h5-13,18,20H,14-17H2,1-4H3,(H,25,28). The summed E-state index contributed by atoms with van der Waals surface area (Å²) in [7, 11) is 0. The van der Waals surface area contributed by atoms with E-state index in [9.17, 15) is 9.59 Å². The molecule has 2 aromatic rings. The van der Waals surface area contributed by atoms with Crippen LogP contribution in [0.5, 0.6) is 0 Å². The number of hydrogen-bond donors (Lipinski definition) is 1. The number of carbonyl (C=O) groups excluding carboxylic acids is 2. The lowest BCUT2D eigenvalue weighted by Crippen LogP contribution is -2.49. The first-order chi connectivity index (χ1) is 13.9. The van der Waals surface area contributed by atoms with Gasteiger partial charge in [-0.2, -0.15) is 11.8 Å². The Morgan fingerprint density at radius 3 is 2.24 bits per heavy atom. The summed E-state index contributed by atoms with van der Waals surface area (Å²) >= 11 is 1.74. The van der Waals surface area contributed by atoms with E-state index in [0.29, 0.717) is 13.0 Å². The molecule has 4 nitrogen and oxygen atoms in total. The summed E-state index contributed by atoms with van der Waals surface area (Å²) in [5, 5.41) is 2.92. The van der Waals surface area contributed by atoms with Crippen LogP contribution in [0.4, 0.5) is 0 Å². The molecule has 0 aliphatic rings. The normalized spacial score (nSPS) is 11.9. The molecule has 2 rings (SSSR count). The fourth-order valence-corrected chi connectivity index (χ4v) is 3.84. The third kappa shape index (κ3) is 7.94. The Labute approximate surface area is 179 Å². The van der Waals surface area contributed by atoms with Crippen LogP contribution in [-0.4, -0.2) is 34.6 Å². The number of carbonyl (C=O) groups is 2. The Balaban J connectivity index is 1.99. The summed E-state index contributed by atoms with van der Waals surface area (Å²) in [5.74, 6) is 1.52. The first-order valence-corrected chi connectivity index (χ1v) is 11.3. The fourth-order valence-electron chi connectivity index (χ4n) is 2.95. The number of amides is 2. The van der Waals surface area contributed by atoms with Crippen LogP contribution in [0.3, 0.4) is 0 Å². The van der Waals surface area contributed by atoms with E-state index < -0.39 is 6.04 Å². The van der Waals surface area contributed by atoms with Crippen LogP contribution >= 0.6 is 11.8 Å². The van der Waals surface area contributed by atoms with Gasteiger partial charge in [0.2, 0.25) is 11.8 Å². The van der Waals surface area contributed by atoms with Gasteiger partial charge in [0.25, 0.3) is 0 Å². The number of hydrogen-bond acceptors (Lipinski definition) is 3. The van der Waals surface area contributed by atoms with Gasteiger partial charge in [0.15, 0.2) is 0 Å². The summed E-state index contributed by atoms with van der Waals surface area (Å²) in [6.07, 6.45) is 0.419. The first-order valence-electron chi connectivity index (χ1n) is 10.1. The lowest BCUT2D eigenvalue weighted by Gasteiger charge is -2.29. The monoisotopic (exact) mass is 412 g/mol. The van der Waals surface area contributed by atoms with Gasteiger partial charge in [-0.05, 0) is 38.8 Å². The summed E-state index contributed by atoms with van der Waals surface area (Å²) < 4.78 is 0. The third-order valence-corrected chi connectivity index (χ3v) is 5.67. The Morgan fingerprint density at radius 1 is 0.966 bits per heavy atom. The van der Waals surface area contributed by atoms with Crippen molar-refractivity contribution in [2.75, 3.05) is 5.75 Å². The Kier molecular flexibility index (Phi) is 9.26. The summed E-state index contributed by atoms with van der Waals surface area (Å²) in [6, 6.07) is 17.9. The summed E-state index contributed by atoms with van der Waals surface area (Å²) in [6.45, 7) is 8.14. The number of rotatable bonds is 10. The molecule has 0 fully saturated rings. The predicted octanol–water partition coefficient (Wildman–Crippen LogP) is 4.56. The predicted molar refractivity (Wildman–Crippen MR) is 122 cm³/mol. The minimum atomic E-state index is -0.509. The van der Waals surface area contributed by atoms with Crippen LogP contribution in [0.25, 0.3) is 0 Å². The van der Waals surface area contributed by atoms with Gasteiger partial charge < -0.3 is 10.2 Å². The first kappa shape index (κ1) is 23.0. The second kappa shape index (κ2) is 11.7. The zero-order valence-corrected chi connectivity index (χ0v) is 18.7. The van der Waals surface area contributed by atoms with E-state index in [-0.39, 0.29) is 17.9 Å². The van der Waals surface area contributed by atoms with Crippen molar-refractivity contribution in [2.24, 2.45) is 0 Å². The smallest absolute Gasteiger partial charge is 0.242 e. The molecule has 1 N–H and O–H groups in total. The summed E-state index contributed by atoms with van der Waals surface area (Å²) in [4.78, 5) is 27.2. The van der Waals surface area contributed by atoms with Crippen LogP contribution in [-0.2, 0) is 21.9 Å². The van der Waals surface area contributed by atoms with Crippen molar-refractivity contribution in [3.8, 4) is 0 Å². The van der Waals surface area contributed by atoms with E-state index in [2.05, 4.69) is 17.4 Å². The van der Waals surface area contributed by atoms with Crippen molar-refractivity contribution in [3.05, 3.63) is 71.3 Å². The number of nitrogens with zero attached hydrogens (tertiary/aromatic N) is 1. The van der Waals surface area contributed by atoms with Gasteiger partial charge in [-0.1, -0.05) is 60.2 Å². The SMILES string of the molecule is Cc1ccc(CN(C(=O)CCSCc2ccccc2)C(C)C(=O)NC(C)C)cc1. The van der Waals surface area contributed by atoms with E-state index in [1.807, 2.05) is 63.2 Å². The van der Waals surface area contributed by atoms with Crippen LogP contribution in [0.2, 0.25) is 0 Å². The quantitative estimate of drug-likeness (QED) is 0.582. The number of thioether (sulfide) groups is 1. The van der Waals surface area contributed by atoms with Crippen molar-refractivity contribution >= 4 is 23.6 Å². The molecule has 29 heavy (non-hydrogen) atoms. The number of nitrogens with one attached hydrogen (secondary N) is 1. The van der Waals surface area contributed by atoms with Gasteiger partial charge in [0.05, 0.1) is 0 Å². The second-order valence-corrected chi connectivity index (χ2v) is 8.74. The molecule has 2 aromatic carbocycles. The number of benzene rings is 2. The average Bonchev–Trinajstić information content (AvgIpc) is 2.70. The van der Waals surface area contributed by atoms with Crippen LogP contribution < -0.4 is 5.32 Å². The van der Waals surface area contributed by atoms with E-state index in [1.165, 1.54) is 11.1 Å². The highest BCUT2D eigenvalue weighted by Crippen LogP contribution is 2.16. The van der Waals surface area contributed by atoms with Crippen LogP contribution in [0.1, 0.15) is 43.9 Å². The Bertz CT molecular complexity index is 775. The molecule has 0 spiro atoms. The van der Waals surface area contributed by atoms with Gasteiger partial charge >= 0.3 is 0 Å². The van der Waals surface area contributed by atoms with Gasteiger partial charge in [-0.15, -0.1) is 0 Å². The molecule has 0 aromatic heterocycles. The highest BCUT2D eigenvalue weighted by molar-refractivity contribution is 7.98. The summed E-state index contributed by atoms with van der Waals surface area (Å²) in [5.41, 5.74) is 3.46. The number of aryl methyl sites for hydroxylation is 1. The van der Waals surface area contributed by atoms with E-state index >= 15 is 0 Å². The molecule has 2 amide bonds. The zero-order chi connectivity index (χ0) is 21.2.